The fourth-order valence-electron chi connectivity index (χ4n) is 20.7. The molecule has 0 heterocycles. The van der Waals surface area contributed by atoms with Crippen molar-refractivity contribution in [3.8, 4) is 33.4 Å². The third-order valence-corrected chi connectivity index (χ3v) is 36.5. The molecule has 21 rings (SSSR count). The van der Waals surface area contributed by atoms with Crippen LogP contribution in [0, 0.1) is 0 Å². The van der Waals surface area contributed by atoms with E-state index in [1.807, 2.05) is 0 Å². The summed E-state index contributed by atoms with van der Waals surface area (Å²) in [4.78, 5) is 4.93. The first-order valence-electron chi connectivity index (χ1n) is 42.6. The van der Waals surface area contributed by atoms with Gasteiger partial charge in [0.1, 0.15) is 0 Å². The maximum atomic E-state index is 2.47. The van der Waals surface area contributed by atoms with Gasteiger partial charge in [0.25, 0.3) is 0 Å². The highest BCUT2D eigenvalue weighted by Gasteiger charge is 2.45. The lowest BCUT2D eigenvalue weighted by Crippen LogP contribution is -2.74. The number of nitrogens with zero attached hydrogens (tertiary/aromatic N) is 2. The van der Waals surface area contributed by atoms with Gasteiger partial charge >= 0.3 is 0 Å². The van der Waals surface area contributed by atoms with E-state index in [1.54, 1.807) is 0 Å². The molecular weight excluding hydrogens is 1490 g/mol. The van der Waals surface area contributed by atoms with Gasteiger partial charge < -0.3 is 9.80 Å². The molecule has 0 atom stereocenters. The van der Waals surface area contributed by atoms with E-state index in [0.29, 0.717) is 0 Å². The van der Waals surface area contributed by atoms with Crippen LogP contribution in [0.2, 0.25) is 0 Å². The van der Waals surface area contributed by atoms with E-state index in [2.05, 4.69) is 500 Å². The van der Waals surface area contributed by atoms with Crippen LogP contribution in [0.5, 0.6) is 0 Å². The molecule has 18 aromatic rings. The first-order chi connectivity index (χ1) is 59.2. The smallest absolute Gasteiger partial charge is 0.179 e. The van der Waals surface area contributed by atoms with Crippen molar-refractivity contribution in [3.05, 3.63) is 480 Å². The van der Waals surface area contributed by atoms with Crippen molar-refractivity contribution in [3.63, 3.8) is 0 Å². The second-order valence-corrected chi connectivity index (χ2v) is 42.4. The largest absolute Gasteiger partial charge is 0.310 e. The van der Waals surface area contributed by atoms with Crippen LogP contribution < -0.4 is 51.3 Å². The summed E-state index contributed by atoms with van der Waals surface area (Å²) < 4.78 is 0. The first-order valence-corrected chi connectivity index (χ1v) is 46.6. The van der Waals surface area contributed by atoms with Gasteiger partial charge in [0.05, 0.1) is 0 Å². The van der Waals surface area contributed by atoms with E-state index in [-0.39, 0.29) is 16.2 Å². The third-order valence-electron chi connectivity index (χ3n) is 26.9. The molecular formula is C117H92N2Si2. The molecule has 3 aliphatic rings. The first kappa shape index (κ1) is 74.5. The average Bonchev–Trinajstić information content (AvgIpc) is 1.04. The fourth-order valence-corrected chi connectivity index (χ4v) is 30.2. The van der Waals surface area contributed by atoms with Crippen LogP contribution in [0.25, 0.3) is 79.2 Å². The maximum absolute atomic E-state index is 2.75. The predicted octanol–water partition coefficient (Wildman–Crippen LogP) is 24.9. The van der Waals surface area contributed by atoms with Crippen molar-refractivity contribution in [2.75, 3.05) is 9.80 Å². The van der Waals surface area contributed by atoms with Crippen LogP contribution in [-0.4, -0.2) is 16.1 Å². The van der Waals surface area contributed by atoms with Gasteiger partial charge in [0.15, 0.2) is 16.1 Å². The summed E-state index contributed by atoms with van der Waals surface area (Å²) in [5, 5.41) is 15.7. The summed E-state index contributed by atoms with van der Waals surface area (Å²) in [6.45, 7) is 14.4. The Bertz CT molecular complexity index is 6450. The second kappa shape index (κ2) is 29.8. The summed E-state index contributed by atoms with van der Waals surface area (Å²) in [5.74, 6) is 0. The van der Waals surface area contributed by atoms with Gasteiger partial charge in [-0.3, -0.25) is 0 Å². The molecule has 0 fully saturated rings. The lowest BCUT2D eigenvalue weighted by Gasteiger charge is -2.35. The zero-order chi connectivity index (χ0) is 81.6. The summed E-state index contributed by atoms with van der Waals surface area (Å²) in [6, 6.07) is 160. The zero-order valence-corrected chi connectivity index (χ0v) is 71.1. The molecule has 121 heavy (non-hydrogen) atoms. The zero-order valence-electron chi connectivity index (χ0n) is 69.1. The van der Waals surface area contributed by atoms with E-state index >= 15 is 0 Å². The van der Waals surface area contributed by atoms with Crippen LogP contribution in [-0.2, 0) is 16.2 Å². The van der Waals surface area contributed by atoms with E-state index in [1.165, 1.54) is 152 Å². The Labute approximate surface area is 713 Å². The highest BCUT2D eigenvalue weighted by atomic mass is 28.3. The van der Waals surface area contributed by atoms with Gasteiger partial charge in [-0.1, -0.05) is 418 Å². The second-order valence-electron chi connectivity index (χ2n) is 34.7. The van der Waals surface area contributed by atoms with Crippen LogP contribution in [0.15, 0.2) is 425 Å². The Morgan fingerprint density at radius 2 is 0.372 bits per heavy atom. The summed E-state index contributed by atoms with van der Waals surface area (Å²) in [5.41, 5.74) is 26.7. The van der Waals surface area contributed by atoms with Crippen molar-refractivity contribution < 1.29 is 0 Å². The molecule has 3 aliphatic carbocycles. The Balaban J connectivity index is 0.540. The minimum atomic E-state index is -2.75. The molecule has 0 bridgehead atoms. The number of rotatable bonds is 18. The van der Waals surface area contributed by atoms with Crippen LogP contribution in [0.4, 0.5) is 34.1 Å². The van der Waals surface area contributed by atoms with Crippen molar-refractivity contribution in [1.29, 1.82) is 0 Å². The third kappa shape index (κ3) is 12.6. The molecule has 0 unspecified atom stereocenters. The van der Waals surface area contributed by atoms with Gasteiger partial charge in [-0.05, 0) is 225 Å². The minimum absolute atomic E-state index is 0.204. The molecule has 0 amide bonds. The number of hydrogen-bond donors (Lipinski definition) is 0. The summed E-state index contributed by atoms with van der Waals surface area (Å²) in [7, 11) is -5.51. The van der Waals surface area contributed by atoms with Crippen LogP contribution in [0.3, 0.4) is 0 Å². The van der Waals surface area contributed by atoms with Gasteiger partial charge in [-0.15, -0.1) is 0 Å². The molecule has 2 nitrogen and oxygen atoms in total. The molecule has 0 saturated carbocycles. The van der Waals surface area contributed by atoms with Crippen molar-refractivity contribution in [1.82, 2.24) is 0 Å². The number of benzene rings is 18. The Morgan fingerprint density at radius 1 is 0.174 bits per heavy atom. The topological polar surface area (TPSA) is 6.48 Å². The van der Waals surface area contributed by atoms with Crippen LogP contribution >= 0.6 is 0 Å². The number of fused-ring (bicyclic) bond motifs is 11. The van der Waals surface area contributed by atoms with Gasteiger partial charge in [0, 0.05) is 50.4 Å². The highest BCUT2D eigenvalue weighted by molar-refractivity contribution is 7.20. The Kier molecular flexibility index (Phi) is 18.4. The normalized spacial score (nSPS) is 13.8. The van der Waals surface area contributed by atoms with Gasteiger partial charge in [-0.25, -0.2) is 0 Å². The van der Waals surface area contributed by atoms with Gasteiger partial charge in [0.2, 0.25) is 0 Å². The SMILES string of the molecule is CC1(C)c2cc(/C=C/c3ccc4c(c3)C(C)(C)c3cc(N(c5ccc([Si](c6ccccc6)(c6ccccc6)c6ccccc6)cc5)c5ccc6ccccc6c5)ccc3-4)ccc2-c2ccc(/C=C/c3ccc4c(c3)C(C)(C)c3cc(N(c5ccc([Si](c6ccccc6)(c6ccccc6)c6ccccc6)cc5)c5ccc6ccccc6c5)ccc3-4)cc21. The molecule has 0 saturated heterocycles. The number of hydrogen-bond acceptors (Lipinski definition) is 2. The molecule has 0 aliphatic heterocycles. The average molecular weight is 1580 g/mol. The summed E-state index contributed by atoms with van der Waals surface area (Å²) in [6.07, 6.45) is 9.25. The molecule has 0 spiro atoms. The summed E-state index contributed by atoms with van der Waals surface area (Å²) >= 11 is 0. The van der Waals surface area contributed by atoms with E-state index in [9.17, 15) is 0 Å². The molecule has 0 N–H and O–H groups in total. The quantitative estimate of drug-likeness (QED) is 0.0480. The predicted molar refractivity (Wildman–Crippen MR) is 521 cm³/mol. The molecule has 578 valence electrons. The van der Waals surface area contributed by atoms with Gasteiger partial charge in [-0.2, -0.15) is 0 Å². The molecule has 4 heteroatoms. The number of anilines is 6. The van der Waals surface area contributed by atoms with Crippen LogP contribution in [0.1, 0.15) is 97.2 Å². The van der Waals surface area contributed by atoms with Crippen molar-refractivity contribution in [2.24, 2.45) is 0 Å². The Hall–Kier alpha value is -14.0. The highest BCUT2D eigenvalue weighted by Crippen LogP contribution is 2.55. The standard InChI is InChI=1S/C117H92N2Si2/c1-115(2)109-73-81(45-47-83-51-69-105-107-71-61-93(79-113(107)116(3,4)111(105)75-83)118(91-55-53-85-29-25-27-31-87(85)77-91)89-57-63-101(64-58-89)120(95-33-13-7-14-34-95,96-35-15-8-16-36-96)97-37-17-9-18-38-97)49-67-103(109)104-68-50-82(74-110(104)115)46-48-84-52-70-106-108-72-62-94(80-114(108)117(5,6)112(106)76-84)119(92-56-54-86-30-26-28-32-88(86)78-92)90-59-65-102(66-60-90)121(98-39-19-10-20-40-98,99-41-21-11-22-42-99)100-43-23-12-24-44-100/h7-80H,1-6H3/b47-45+,48-46+. The Morgan fingerprint density at radius 3 is 0.636 bits per heavy atom. The lowest BCUT2D eigenvalue weighted by molar-refractivity contribution is 0.660. The minimum Gasteiger partial charge on any atom is -0.310 e. The van der Waals surface area contributed by atoms with E-state index in [0.717, 1.165) is 34.1 Å². The molecule has 18 aromatic carbocycles. The van der Waals surface area contributed by atoms with E-state index in [4.69, 9.17) is 0 Å². The lowest BCUT2D eigenvalue weighted by atomic mass is 9.81. The fraction of sp³-hybridized carbons (Fsp3) is 0.0769. The monoisotopic (exact) mass is 1580 g/mol. The van der Waals surface area contributed by atoms with E-state index < -0.39 is 16.1 Å². The van der Waals surface area contributed by atoms with Crippen molar-refractivity contribution in [2.45, 2.75) is 57.8 Å². The van der Waals surface area contributed by atoms with Crippen molar-refractivity contribution >= 4 is 138 Å². The molecule has 0 radical (unpaired) electrons. The molecule has 0 aromatic heterocycles. The maximum Gasteiger partial charge on any atom is 0.179 e.